The molecule has 0 saturated heterocycles. The Hall–Kier alpha value is -3.47. The molecular weight excluding hydrogens is 368 g/mol. The molecule has 29 heavy (non-hydrogen) atoms. The molecular formula is C21H20N6O2. The first-order chi connectivity index (χ1) is 14.2. The molecule has 3 aromatic rings. The molecule has 0 radical (unpaired) electrons. The van der Waals surface area contributed by atoms with E-state index in [1.165, 1.54) is 0 Å². The number of hydrogen-bond acceptors (Lipinski definition) is 6. The van der Waals surface area contributed by atoms with Crippen LogP contribution >= 0.6 is 0 Å². The van der Waals surface area contributed by atoms with Crippen LogP contribution < -0.4 is 10.4 Å². The molecule has 5 rings (SSSR count). The van der Waals surface area contributed by atoms with Crippen molar-refractivity contribution in [3.05, 3.63) is 70.4 Å². The number of rotatable bonds is 5. The standard InChI is InChI=1S/C21H20N6O2/c22-8-7-14-1-3-16(4-2-14)29-17-11-15(12-17)27-21(28)26-19(5-6-20(26)25-27)18-13-23-9-10-24-18/h1-4,9-10,13,15,17,19H,5-7,11-12H2/t15?,17?,19-/m0/s1. The highest BCUT2D eigenvalue weighted by atomic mass is 16.5. The fraction of sp³-hybridized carbons (Fsp3) is 0.381. The van der Waals surface area contributed by atoms with Crippen molar-refractivity contribution < 1.29 is 4.74 Å². The molecule has 0 spiro atoms. The van der Waals surface area contributed by atoms with Crippen LogP contribution in [0.25, 0.3) is 0 Å². The fourth-order valence-electron chi connectivity index (χ4n) is 4.12. The van der Waals surface area contributed by atoms with Crippen molar-refractivity contribution in [3.63, 3.8) is 0 Å². The smallest absolute Gasteiger partial charge is 0.346 e. The van der Waals surface area contributed by atoms with Crippen LogP contribution in [0, 0.1) is 11.3 Å². The number of nitriles is 1. The van der Waals surface area contributed by atoms with Gasteiger partial charge in [-0.3, -0.25) is 14.5 Å². The zero-order valence-corrected chi connectivity index (χ0v) is 15.8. The number of fused-ring (bicyclic) bond motifs is 1. The molecule has 1 aliphatic carbocycles. The van der Waals surface area contributed by atoms with E-state index in [9.17, 15) is 4.79 Å². The Morgan fingerprint density at radius 1 is 1.21 bits per heavy atom. The molecule has 1 aromatic carbocycles. The van der Waals surface area contributed by atoms with Crippen molar-refractivity contribution in [2.24, 2.45) is 0 Å². The minimum Gasteiger partial charge on any atom is -0.490 e. The van der Waals surface area contributed by atoms with E-state index in [1.807, 2.05) is 24.3 Å². The van der Waals surface area contributed by atoms with Gasteiger partial charge in [0, 0.05) is 31.7 Å². The first-order valence-electron chi connectivity index (χ1n) is 9.81. The predicted molar refractivity (Wildman–Crippen MR) is 103 cm³/mol. The van der Waals surface area contributed by atoms with Crippen molar-refractivity contribution in [3.8, 4) is 11.8 Å². The number of aryl methyl sites for hydroxylation is 1. The van der Waals surface area contributed by atoms with Crippen LogP contribution in [0.4, 0.5) is 0 Å². The highest BCUT2D eigenvalue weighted by Gasteiger charge is 2.37. The summed E-state index contributed by atoms with van der Waals surface area (Å²) in [6, 6.07) is 9.71. The third kappa shape index (κ3) is 3.18. The molecule has 3 heterocycles. The lowest BCUT2D eigenvalue weighted by molar-refractivity contribution is 0.0623. The second-order valence-corrected chi connectivity index (χ2v) is 7.54. The molecule has 146 valence electrons. The highest BCUT2D eigenvalue weighted by molar-refractivity contribution is 5.29. The molecule has 1 fully saturated rings. The topological polar surface area (TPSA) is 98.6 Å². The number of nitrogens with zero attached hydrogens (tertiary/aromatic N) is 6. The summed E-state index contributed by atoms with van der Waals surface area (Å²) in [4.78, 5) is 21.5. The molecule has 0 amide bonds. The van der Waals surface area contributed by atoms with Gasteiger partial charge >= 0.3 is 5.69 Å². The second kappa shape index (κ2) is 7.17. The van der Waals surface area contributed by atoms with Gasteiger partial charge in [0.1, 0.15) is 17.7 Å². The minimum absolute atomic E-state index is 0.0611. The Kier molecular flexibility index (Phi) is 4.35. The first-order valence-corrected chi connectivity index (χ1v) is 9.81. The molecule has 2 aliphatic rings. The summed E-state index contributed by atoms with van der Waals surface area (Å²) in [6.45, 7) is 0. The van der Waals surface area contributed by atoms with Crippen molar-refractivity contribution in [1.29, 1.82) is 5.26 Å². The Balaban J connectivity index is 1.26. The summed E-state index contributed by atoms with van der Waals surface area (Å²) < 4.78 is 9.38. The molecule has 0 bridgehead atoms. The van der Waals surface area contributed by atoms with E-state index in [0.29, 0.717) is 6.42 Å². The van der Waals surface area contributed by atoms with Crippen molar-refractivity contribution >= 4 is 0 Å². The van der Waals surface area contributed by atoms with Crippen LogP contribution in [-0.4, -0.2) is 30.4 Å². The van der Waals surface area contributed by atoms with E-state index in [1.54, 1.807) is 27.8 Å². The molecule has 8 nitrogen and oxygen atoms in total. The third-order valence-corrected chi connectivity index (χ3v) is 5.71. The minimum atomic E-state index is -0.0843. The summed E-state index contributed by atoms with van der Waals surface area (Å²) in [6.07, 6.45) is 8.59. The number of aromatic nitrogens is 5. The lowest BCUT2D eigenvalue weighted by Crippen LogP contribution is -2.41. The van der Waals surface area contributed by atoms with Gasteiger partial charge in [-0.2, -0.15) is 10.4 Å². The van der Waals surface area contributed by atoms with Gasteiger partial charge in [-0.1, -0.05) is 12.1 Å². The highest BCUT2D eigenvalue weighted by Crippen LogP contribution is 2.35. The summed E-state index contributed by atoms with van der Waals surface area (Å²) in [5.74, 6) is 1.61. The SMILES string of the molecule is N#CCc1ccc(OC2CC(n3nc4n(c3=O)[C@H](c3cnccn3)CC4)C2)cc1. The maximum Gasteiger partial charge on any atom is 0.346 e. The van der Waals surface area contributed by atoms with Gasteiger partial charge in [-0.05, 0) is 24.1 Å². The van der Waals surface area contributed by atoms with E-state index in [2.05, 4.69) is 21.1 Å². The quantitative estimate of drug-likeness (QED) is 0.665. The average molecular weight is 388 g/mol. The number of ether oxygens (including phenoxy) is 1. The molecule has 1 saturated carbocycles. The summed E-state index contributed by atoms with van der Waals surface area (Å²) in [7, 11) is 0. The summed E-state index contributed by atoms with van der Waals surface area (Å²) >= 11 is 0. The van der Waals surface area contributed by atoms with Gasteiger partial charge in [-0.15, -0.1) is 0 Å². The van der Waals surface area contributed by atoms with E-state index in [4.69, 9.17) is 10.00 Å². The lowest BCUT2D eigenvalue weighted by Gasteiger charge is -2.34. The van der Waals surface area contributed by atoms with Crippen molar-refractivity contribution in [2.45, 2.75) is 50.3 Å². The third-order valence-electron chi connectivity index (χ3n) is 5.71. The van der Waals surface area contributed by atoms with Crippen LogP contribution in [0.3, 0.4) is 0 Å². The second-order valence-electron chi connectivity index (χ2n) is 7.54. The van der Waals surface area contributed by atoms with Crippen LogP contribution in [0.2, 0.25) is 0 Å². The molecule has 0 N–H and O–H groups in total. The predicted octanol–water partition coefficient (Wildman–Crippen LogP) is 2.22. The van der Waals surface area contributed by atoms with Crippen LogP contribution in [0.5, 0.6) is 5.75 Å². The zero-order chi connectivity index (χ0) is 19.8. The summed E-state index contributed by atoms with van der Waals surface area (Å²) in [5, 5.41) is 13.3. The van der Waals surface area contributed by atoms with E-state index < -0.39 is 0 Å². The maximum absolute atomic E-state index is 13.0. The van der Waals surface area contributed by atoms with Gasteiger partial charge in [0.25, 0.3) is 0 Å². The molecule has 8 heteroatoms. The average Bonchev–Trinajstić information content (AvgIpc) is 3.27. The van der Waals surface area contributed by atoms with Gasteiger partial charge < -0.3 is 4.74 Å². The molecule has 1 aliphatic heterocycles. The Bertz CT molecular complexity index is 1110. The Morgan fingerprint density at radius 3 is 2.76 bits per heavy atom. The Morgan fingerprint density at radius 2 is 2.03 bits per heavy atom. The van der Waals surface area contributed by atoms with Gasteiger partial charge in [-0.25, -0.2) is 9.48 Å². The van der Waals surface area contributed by atoms with Crippen LogP contribution in [0.1, 0.15) is 48.4 Å². The van der Waals surface area contributed by atoms with Gasteiger partial charge in [0.2, 0.25) is 0 Å². The lowest BCUT2D eigenvalue weighted by atomic mass is 9.89. The molecule has 1 atom stereocenters. The normalized spacial score (nSPS) is 22.5. The number of benzene rings is 1. The Labute approximate surface area is 167 Å². The molecule has 0 unspecified atom stereocenters. The number of hydrogen-bond donors (Lipinski definition) is 0. The monoisotopic (exact) mass is 388 g/mol. The molecule has 2 aromatic heterocycles. The fourth-order valence-corrected chi connectivity index (χ4v) is 4.12. The van der Waals surface area contributed by atoms with E-state index in [0.717, 1.165) is 48.5 Å². The van der Waals surface area contributed by atoms with Crippen LogP contribution in [-0.2, 0) is 12.8 Å². The summed E-state index contributed by atoms with van der Waals surface area (Å²) in [5.41, 5.74) is 1.71. The van der Waals surface area contributed by atoms with Crippen molar-refractivity contribution in [1.82, 2.24) is 24.3 Å². The first kappa shape index (κ1) is 17.6. The van der Waals surface area contributed by atoms with E-state index >= 15 is 0 Å². The largest absolute Gasteiger partial charge is 0.490 e. The van der Waals surface area contributed by atoms with Gasteiger partial charge in [0.15, 0.2) is 0 Å². The van der Waals surface area contributed by atoms with E-state index in [-0.39, 0.29) is 23.9 Å². The maximum atomic E-state index is 13.0. The van der Waals surface area contributed by atoms with Crippen LogP contribution in [0.15, 0.2) is 47.7 Å². The van der Waals surface area contributed by atoms with Gasteiger partial charge in [0.05, 0.1) is 36.5 Å². The van der Waals surface area contributed by atoms with Crippen molar-refractivity contribution in [2.75, 3.05) is 0 Å². The zero-order valence-electron chi connectivity index (χ0n) is 15.8.